The van der Waals surface area contributed by atoms with Gasteiger partial charge < -0.3 is 14.7 Å². The molecule has 1 amide bonds. The van der Waals surface area contributed by atoms with Crippen LogP contribution >= 0.6 is 0 Å². The molecule has 5 nitrogen and oxygen atoms in total. The lowest BCUT2D eigenvalue weighted by Gasteiger charge is -2.47. The Morgan fingerprint density at radius 3 is 2.29 bits per heavy atom. The fraction of sp³-hybridized carbons (Fsp3) is 0.556. The Labute approximate surface area is 141 Å². The summed E-state index contributed by atoms with van der Waals surface area (Å²) < 4.78 is 19.9. The van der Waals surface area contributed by atoms with E-state index >= 15 is 4.39 Å². The molecule has 0 aromatic heterocycles. The van der Waals surface area contributed by atoms with Crippen molar-refractivity contribution in [1.29, 1.82) is 0 Å². The number of piperidine rings is 1. The van der Waals surface area contributed by atoms with Crippen LogP contribution in [0.1, 0.15) is 49.0 Å². The van der Waals surface area contributed by atoms with Gasteiger partial charge in [0.1, 0.15) is 6.17 Å². The van der Waals surface area contributed by atoms with Gasteiger partial charge in [-0.25, -0.2) is 14.0 Å². The normalized spacial score (nSPS) is 24.5. The minimum absolute atomic E-state index is 0.293. The molecule has 1 saturated heterocycles. The highest BCUT2D eigenvalue weighted by Crippen LogP contribution is 2.41. The molecule has 0 bridgehead atoms. The molecule has 1 aliphatic heterocycles. The van der Waals surface area contributed by atoms with Gasteiger partial charge in [-0.05, 0) is 29.5 Å². The number of rotatable bonds is 2. The number of carbonyl (C=O) groups excluding carboxylic acids is 1. The smallest absolute Gasteiger partial charge is 0.407 e. The molecule has 0 aliphatic carbocycles. The van der Waals surface area contributed by atoms with Gasteiger partial charge >= 0.3 is 12.1 Å². The van der Waals surface area contributed by atoms with E-state index in [0.717, 1.165) is 5.56 Å². The molecule has 3 atom stereocenters. The molecule has 1 fully saturated rings. The molecule has 1 aliphatic rings. The molecule has 3 unspecified atom stereocenters. The lowest BCUT2D eigenvalue weighted by molar-refractivity contribution is -0.00359. The van der Waals surface area contributed by atoms with E-state index in [4.69, 9.17) is 0 Å². The first-order valence-corrected chi connectivity index (χ1v) is 7.98. The number of carbonyl (C=O) groups is 2. The van der Waals surface area contributed by atoms with Crippen LogP contribution in [0.25, 0.3) is 0 Å². The van der Waals surface area contributed by atoms with E-state index in [9.17, 15) is 14.7 Å². The van der Waals surface area contributed by atoms with Crippen LogP contribution in [0.3, 0.4) is 0 Å². The van der Waals surface area contributed by atoms with E-state index in [0.29, 0.717) is 18.5 Å². The first-order chi connectivity index (χ1) is 11.2. The molecule has 132 valence electrons. The highest BCUT2D eigenvalue weighted by molar-refractivity contribution is 5.89. The minimum atomic E-state index is -1.31. The first-order valence-electron chi connectivity index (χ1n) is 7.98. The van der Waals surface area contributed by atoms with Gasteiger partial charge in [0.2, 0.25) is 0 Å². The highest BCUT2D eigenvalue weighted by atomic mass is 19.1. The Hall–Kier alpha value is -2.11. The summed E-state index contributed by atoms with van der Waals surface area (Å²) in [4.78, 5) is 24.2. The second-order valence-electron chi connectivity index (χ2n) is 7.24. The largest absolute Gasteiger partial charge is 0.465 e. The summed E-state index contributed by atoms with van der Waals surface area (Å²) in [5.74, 6) is -0.830. The fourth-order valence-electron chi connectivity index (χ4n) is 3.46. The number of likely N-dealkylation sites (tertiary alicyclic amines) is 1. The Kier molecular flexibility index (Phi) is 5.16. The molecule has 1 heterocycles. The average molecular weight is 337 g/mol. The van der Waals surface area contributed by atoms with Crippen molar-refractivity contribution >= 4 is 12.1 Å². The molecule has 0 spiro atoms. The van der Waals surface area contributed by atoms with Crippen molar-refractivity contribution in [3.05, 3.63) is 35.4 Å². The predicted octanol–water partition coefficient (Wildman–Crippen LogP) is 3.69. The number of benzene rings is 1. The molecule has 1 N–H and O–H groups in total. The van der Waals surface area contributed by atoms with Gasteiger partial charge in [-0.1, -0.05) is 32.9 Å². The van der Waals surface area contributed by atoms with E-state index in [2.05, 4.69) is 4.74 Å². The van der Waals surface area contributed by atoms with E-state index in [1.54, 1.807) is 24.3 Å². The second-order valence-corrected chi connectivity index (χ2v) is 7.24. The first kappa shape index (κ1) is 18.2. The maximum Gasteiger partial charge on any atom is 0.407 e. The van der Waals surface area contributed by atoms with Crippen molar-refractivity contribution < 1.29 is 23.8 Å². The monoisotopic (exact) mass is 337 g/mol. The molecule has 2 rings (SSSR count). The highest BCUT2D eigenvalue weighted by Gasteiger charge is 2.46. The summed E-state index contributed by atoms with van der Waals surface area (Å²) in [6, 6.07) is 5.96. The Morgan fingerprint density at radius 1 is 1.25 bits per heavy atom. The van der Waals surface area contributed by atoms with Crippen LogP contribution in [-0.4, -0.2) is 47.9 Å². The van der Waals surface area contributed by atoms with Gasteiger partial charge in [-0.3, -0.25) is 0 Å². The number of carboxylic acid groups (broad SMARTS) is 1. The van der Waals surface area contributed by atoms with E-state index in [-0.39, 0.29) is 0 Å². The van der Waals surface area contributed by atoms with Gasteiger partial charge in [0.05, 0.1) is 18.7 Å². The Balaban J connectivity index is 2.29. The lowest BCUT2D eigenvalue weighted by atomic mass is 9.73. The third-order valence-electron chi connectivity index (χ3n) is 4.60. The van der Waals surface area contributed by atoms with E-state index < -0.39 is 35.6 Å². The van der Waals surface area contributed by atoms with Gasteiger partial charge in [-0.2, -0.15) is 0 Å². The van der Waals surface area contributed by atoms with Crippen LogP contribution in [-0.2, 0) is 4.74 Å². The molecule has 1 aromatic rings. The minimum Gasteiger partial charge on any atom is -0.465 e. The van der Waals surface area contributed by atoms with Crippen LogP contribution in [0.2, 0.25) is 0 Å². The average Bonchev–Trinajstić information content (AvgIpc) is 2.52. The van der Waals surface area contributed by atoms with Gasteiger partial charge in [0.15, 0.2) is 0 Å². The zero-order chi connectivity index (χ0) is 18.1. The SMILES string of the molecule is COC(=O)c1ccc(C2CCN(C(=O)O)C(C(C)(C)C)C2F)cc1. The number of esters is 1. The standard InChI is InChI=1S/C18H24FNO4/c1-18(2,3)15-14(19)13(9-10-20(15)17(22)23)11-5-7-12(8-6-11)16(21)24-4/h5-8,13-15H,9-10H2,1-4H3,(H,22,23). The zero-order valence-corrected chi connectivity index (χ0v) is 14.5. The van der Waals surface area contributed by atoms with Crippen LogP contribution in [0.15, 0.2) is 24.3 Å². The summed E-state index contributed by atoms with van der Waals surface area (Å²) >= 11 is 0. The topological polar surface area (TPSA) is 66.8 Å². The molecule has 0 saturated carbocycles. The van der Waals surface area contributed by atoms with E-state index in [1.807, 2.05) is 20.8 Å². The summed E-state index contributed by atoms with van der Waals surface area (Å²) in [5, 5.41) is 9.38. The number of nitrogens with zero attached hydrogens (tertiary/aromatic N) is 1. The molecular formula is C18H24FNO4. The van der Waals surface area contributed by atoms with Gasteiger partial charge in [0, 0.05) is 12.5 Å². The summed E-state index contributed by atoms with van der Waals surface area (Å²) in [7, 11) is 1.31. The van der Waals surface area contributed by atoms with Gasteiger partial charge in [-0.15, -0.1) is 0 Å². The summed E-state index contributed by atoms with van der Waals surface area (Å²) in [5.41, 5.74) is 0.670. The number of halogens is 1. The molecular weight excluding hydrogens is 313 g/mol. The number of hydrogen-bond donors (Lipinski definition) is 1. The van der Waals surface area contributed by atoms with Crippen molar-refractivity contribution in [2.24, 2.45) is 5.41 Å². The molecule has 24 heavy (non-hydrogen) atoms. The van der Waals surface area contributed by atoms with Crippen molar-refractivity contribution in [3.63, 3.8) is 0 Å². The van der Waals surface area contributed by atoms with Crippen LogP contribution in [0, 0.1) is 5.41 Å². The number of hydrogen-bond acceptors (Lipinski definition) is 3. The maximum atomic E-state index is 15.2. The van der Waals surface area contributed by atoms with Crippen LogP contribution in [0.4, 0.5) is 9.18 Å². The van der Waals surface area contributed by atoms with Crippen molar-refractivity contribution in [1.82, 2.24) is 4.90 Å². The third kappa shape index (κ3) is 3.52. The summed E-state index contributed by atoms with van der Waals surface area (Å²) in [6.07, 6.45) is -1.98. The zero-order valence-electron chi connectivity index (χ0n) is 14.5. The second kappa shape index (κ2) is 6.79. The van der Waals surface area contributed by atoms with Crippen LogP contribution < -0.4 is 0 Å². The quantitative estimate of drug-likeness (QED) is 0.836. The third-order valence-corrected chi connectivity index (χ3v) is 4.60. The number of methoxy groups -OCH3 is 1. The van der Waals surface area contributed by atoms with Crippen molar-refractivity contribution in [2.75, 3.05) is 13.7 Å². The Bertz CT molecular complexity index is 608. The van der Waals surface area contributed by atoms with Gasteiger partial charge in [0.25, 0.3) is 0 Å². The summed E-state index contributed by atoms with van der Waals surface area (Å²) in [6.45, 7) is 5.84. The van der Waals surface area contributed by atoms with Crippen LogP contribution in [0.5, 0.6) is 0 Å². The molecule has 6 heteroatoms. The predicted molar refractivity (Wildman–Crippen MR) is 88.0 cm³/mol. The van der Waals surface area contributed by atoms with E-state index in [1.165, 1.54) is 12.0 Å². The number of alkyl halides is 1. The van der Waals surface area contributed by atoms with Crippen molar-refractivity contribution in [2.45, 2.75) is 45.3 Å². The Morgan fingerprint density at radius 2 is 1.83 bits per heavy atom. The van der Waals surface area contributed by atoms with Crippen molar-refractivity contribution in [3.8, 4) is 0 Å². The maximum absolute atomic E-state index is 15.2. The number of amides is 1. The fourth-order valence-corrected chi connectivity index (χ4v) is 3.46. The molecule has 0 radical (unpaired) electrons. The lowest BCUT2D eigenvalue weighted by Crippen LogP contribution is -2.57. The molecule has 1 aromatic carbocycles. The number of ether oxygens (including phenoxy) is 1.